The first-order valence-electron chi connectivity index (χ1n) is 13.7. The fourth-order valence-electron chi connectivity index (χ4n) is 6.38. The van der Waals surface area contributed by atoms with Gasteiger partial charge in [0, 0.05) is 15.8 Å². The van der Waals surface area contributed by atoms with Crippen LogP contribution in [0.2, 0.25) is 0 Å². The van der Waals surface area contributed by atoms with E-state index in [2.05, 4.69) is 76.3 Å². The van der Waals surface area contributed by atoms with Crippen molar-refractivity contribution in [2.45, 2.75) is 127 Å². The Kier molecular flexibility index (Phi) is 14.3. The van der Waals surface area contributed by atoms with E-state index in [0.717, 1.165) is 48.3 Å². The van der Waals surface area contributed by atoms with Crippen LogP contribution < -0.4 is 10.6 Å². The molecule has 3 aliphatic rings. The molecule has 1 radical (unpaired) electrons. The molecule has 2 fully saturated rings. The maximum absolute atomic E-state index is 3.18. The summed E-state index contributed by atoms with van der Waals surface area (Å²) in [5.41, 5.74) is 4.13. The van der Waals surface area contributed by atoms with Crippen LogP contribution in [-0.2, 0) is 19.5 Å². The SMILES string of the molecule is CC[C@H]1CC[C@H](CC)[PH+]1c1ccccc1[PH+]1[C@@H](CC)CC[C@@H]1CC.[C-]1=CCCC=[C-]CC1.[Rh+2]. The van der Waals surface area contributed by atoms with Gasteiger partial charge < -0.3 is 12.2 Å². The fourth-order valence-corrected chi connectivity index (χ4v) is 15.4. The minimum absolute atomic E-state index is 0. The van der Waals surface area contributed by atoms with E-state index < -0.39 is 0 Å². The summed E-state index contributed by atoms with van der Waals surface area (Å²) in [6.45, 7) is 9.79. The molecule has 0 spiro atoms. The Bertz CT molecular complexity index is 631. The van der Waals surface area contributed by atoms with E-state index >= 15 is 0 Å². The van der Waals surface area contributed by atoms with Gasteiger partial charge in [-0.25, -0.2) is 12.8 Å². The summed E-state index contributed by atoms with van der Waals surface area (Å²) < 4.78 is 0. The minimum atomic E-state index is -0.371. The van der Waals surface area contributed by atoms with E-state index in [4.69, 9.17) is 0 Å². The predicted molar refractivity (Wildman–Crippen MR) is 151 cm³/mol. The van der Waals surface area contributed by atoms with Crippen LogP contribution in [0.1, 0.15) is 105 Å². The molecule has 3 heteroatoms. The molecular formula is C30H48P2Rh+2. The Morgan fingerprint density at radius 2 is 0.970 bits per heavy atom. The molecule has 33 heavy (non-hydrogen) atoms. The van der Waals surface area contributed by atoms with Gasteiger partial charge >= 0.3 is 19.5 Å². The van der Waals surface area contributed by atoms with Crippen molar-refractivity contribution < 1.29 is 19.5 Å². The van der Waals surface area contributed by atoms with Gasteiger partial charge in [0.1, 0.15) is 10.6 Å². The molecule has 0 saturated carbocycles. The second-order valence-corrected chi connectivity index (χ2v) is 16.1. The van der Waals surface area contributed by atoms with E-state index in [0.29, 0.717) is 0 Å². The topological polar surface area (TPSA) is 0 Å². The molecule has 1 aliphatic carbocycles. The predicted octanol–water partition coefficient (Wildman–Crippen LogP) is 8.34. The maximum atomic E-state index is 3.18. The molecule has 4 atom stereocenters. The van der Waals surface area contributed by atoms with Crippen LogP contribution >= 0.6 is 15.8 Å². The molecule has 185 valence electrons. The van der Waals surface area contributed by atoms with Gasteiger partial charge in [0.2, 0.25) is 0 Å². The first-order chi connectivity index (χ1) is 15.7. The van der Waals surface area contributed by atoms with Crippen molar-refractivity contribution in [2.75, 3.05) is 0 Å². The monoisotopic (exact) mass is 573 g/mol. The molecule has 2 aliphatic heterocycles. The summed E-state index contributed by atoms with van der Waals surface area (Å²) in [6.07, 6.45) is 26.7. The van der Waals surface area contributed by atoms with Gasteiger partial charge in [-0.15, -0.1) is 0 Å². The van der Waals surface area contributed by atoms with Crippen LogP contribution in [0.3, 0.4) is 0 Å². The molecule has 0 N–H and O–H groups in total. The zero-order valence-electron chi connectivity index (χ0n) is 21.6. The third-order valence-corrected chi connectivity index (χ3v) is 16.8. The van der Waals surface area contributed by atoms with E-state index in [-0.39, 0.29) is 35.3 Å². The third-order valence-electron chi connectivity index (χ3n) is 8.16. The summed E-state index contributed by atoms with van der Waals surface area (Å²) >= 11 is 0. The molecule has 0 nitrogen and oxygen atoms in total. The molecule has 2 heterocycles. The second kappa shape index (κ2) is 16.0. The van der Waals surface area contributed by atoms with Crippen molar-refractivity contribution in [1.82, 2.24) is 0 Å². The normalized spacial score (nSPS) is 28.0. The molecule has 0 aromatic heterocycles. The fraction of sp³-hybridized carbons (Fsp3) is 0.667. The smallest absolute Gasteiger partial charge is 0.503 e. The molecule has 1 aromatic rings. The van der Waals surface area contributed by atoms with Crippen molar-refractivity contribution in [3.8, 4) is 0 Å². The first-order valence-corrected chi connectivity index (χ1v) is 17.0. The molecular weight excluding hydrogens is 525 g/mol. The second-order valence-electron chi connectivity index (χ2n) is 9.93. The summed E-state index contributed by atoms with van der Waals surface area (Å²) in [6, 6.07) is 9.87. The molecule has 2 saturated heterocycles. The van der Waals surface area contributed by atoms with Crippen LogP contribution in [0.15, 0.2) is 36.4 Å². The van der Waals surface area contributed by atoms with Gasteiger partial charge in [-0.05, 0) is 63.5 Å². The summed E-state index contributed by atoms with van der Waals surface area (Å²) in [7, 11) is -0.743. The van der Waals surface area contributed by atoms with Crippen molar-refractivity contribution in [2.24, 2.45) is 0 Å². The number of hydrogen-bond acceptors (Lipinski definition) is 0. The average Bonchev–Trinajstić information content (AvgIpc) is 3.42. The maximum Gasteiger partial charge on any atom is 2.00 e. The largest absolute Gasteiger partial charge is 2.00 e. The van der Waals surface area contributed by atoms with Crippen molar-refractivity contribution >= 4 is 26.5 Å². The molecule has 1 aromatic carbocycles. The quantitative estimate of drug-likeness (QED) is 0.182. The minimum Gasteiger partial charge on any atom is -0.503 e. The Hall–Kier alpha value is 0.183. The third kappa shape index (κ3) is 7.83. The van der Waals surface area contributed by atoms with E-state index in [1.807, 2.05) is 10.6 Å². The van der Waals surface area contributed by atoms with Crippen LogP contribution in [-0.4, -0.2) is 22.6 Å². The molecule has 0 bridgehead atoms. The standard InChI is InChI=1S/C22H36P2.C8H10.Rh/c1-5-17-13-14-18(6-2)23(17)21-11-9-10-12-22(21)24-19(7-3)15-16-20(24)8-4;1-2-4-6-8-7-5-3-1;/h9-12,17-20H,5-8,13-16H2,1-4H3;1,6H,2,4-5,7H2;/q;-2;+2/p+2/t17-,18-,19-,20-;;/m0../s1. The first kappa shape index (κ1) is 29.4. The van der Waals surface area contributed by atoms with E-state index in [1.165, 1.54) is 51.4 Å². The number of allylic oxidation sites excluding steroid dienone is 4. The number of hydrogen-bond donors (Lipinski definition) is 0. The van der Waals surface area contributed by atoms with Gasteiger partial charge in [0.05, 0.1) is 22.6 Å². The van der Waals surface area contributed by atoms with Crippen LogP contribution in [0.25, 0.3) is 0 Å². The van der Waals surface area contributed by atoms with Gasteiger partial charge in [0.15, 0.2) is 0 Å². The van der Waals surface area contributed by atoms with Crippen molar-refractivity contribution in [1.29, 1.82) is 0 Å². The Balaban J connectivity index is 0.000000364. The van der Waals surface area contributed by atoms with E-state index in [9.17, 15) is 0 Å². The Morgan fingerprint density at radius 1 is 0.636 bits per heavy atom. The van der Waals surface area contributed by atoms with Crippen LogP contribution in [0.5, 0.6) is 0 Å². The summed E-state index contributed by atoms with van der Waals surface area (Å²) in [5, 5.41) is 3.79. The van der Waals surface area contributed by atoms with Crippen LogP contribution in [0.4, 0.5) is 0 Å². The van der Waals surface area contributed by atoms with Gasteiger partial charge in [-0.3, -0.25) is 12.2 Å². The van der Waals surface area contributed by atoms with Gasteiger partial charge in [0.25, 0.3) is 0 Å². The Morgan fingerprint density at radius 3 is 1.27 bits per heavy atom. The summed E-state index contributed by atoms with van der Waals surface area (Å²) in [5.74, 6) is 0. The number of benzene rings is 1. The molecule has 4 rings (SSSR count). The van der Waals surface area contributed by atoms with E-state index in [1.54, 1.807) is 0 Å². The molecule has 0 amide bonds. The van der Waals surface area contributed by atoms with Gasteiger partial charge in [-0.2, -0.15) is 0 Å². The Labute approximate surface area is 221 Å². The molecule has 0 unspecified atom stereocenters. The van der Waals surface area contributed by atoms with Gasteiger partial charge in [-0.1, -0.05) is 52.7 Å². The average molecular weight is 574 g/mol. The zero-order chi connectivity index (χ0) is 22.8. The summed E-state index contributed by atoms with van der Waals surface area (Å²) in [4.78, 5) is 0. The van der Waals surface area contributed by atoms with Crippen LogP contribution in [0, 0.1) is 12.2 Å². The van der Waals surface area contributed by atoms with Crippen molar-refractivity contribution in [3.63, 3.8) is 0 Å². The zero-order valence-corrected chi connectivity index (χ0v) is 25.2. The number of rotatable bonds is 6. The van der Waals surface area contributed by atoms with Crippen molar-refractivity contribution in [3.05, 3.63) is 48.6 Å².